The molecular weight excluding hydrogens is 367 g/mol. The molecule has 0 atom stereocenters. The number of hydrogen-bond acceptors (Lipinski definition) is 3. The average Bonchev–Trinajstić information content (AvgIpc) is 3.08. The summed E-state index contributed by atoms with van der Waals surface area (Å²) in [6.07, 6.45) is 2.52. The van der Waals surface area contributed by atoms with Crippen LogP contribution in [0.15, 0.2) is 29.6 Å². The molecule has 1 aliphatic carbocycles. The normalized spacial score (nSPS) is 13.2. The van der Waals surface area contributed by atoms with Gasteiger partial charge in [-0.1, -0.05) is 23.2 Å². The lowest BCUT2D eigenvalue weighted by molar-refractivity contribution is 0.0688. The van der Waals surface area contributed by atoms with Gasteiger partial charge >= 0.3 is 5.97 Å². The molecule has 4 nitrogen and oxygen atoms in total. The topological polar surface area (TPSA) is 55.1 Å². The Morgan fingerprint density at radius 1 is 1.25 bits per heavy atom. The Morgan fingerprint density at radius 3 is 2.83 bits per heavy atom. The van der Waals surface area contributed by atoms with Crippen molar-refractivity contribution in [3.8, 4) is 16.3 Å². The third-order valence-corrected chi connectivity index (χ3v) is 5.66. The first-order valence-electron chi connectivity index (χ1n) is 7.43. The molecule has 0 saturated carbocycles. The van der Waals surface area contributed by atoms with Gasteiger partial charge in [-0.05, 0) is 54.5 Å². The fourth-order valence-corrected chi connectivity index (χ4v) is 4.62. The number of aromatic carboxylic acids is 1. The molecule has 24 heavy (non-hydrogen) atoms. The van der Waals surface area contributed by atoms with Crippen LogP contribution >= 0.6 is 34.5 Å². The van der Waals surface area contributed by atoms with Gasteiger partial charge in [0, 0.05) is 10.6 Å². The lowest BCUT2D eigenvalue weighted by atomic mass is 10.1. The number of nitrogens with zero attached hydrogens (tertiary/aromatic N) is 2. The molecule has 122 valence electrons. The van der Waals surface area contributed by atoms with E-state index in [0.717, 1.165) is 29.0 Å². The molecule has 2 heterocycles. The van der Waals surface area contributed by atoms with E-state index in [1.165, 1.54) is 5.56 Å². The zero-order valence-electron chi connectivity index (χ0n) is 12.4. The summed E-state index contributed by atoms with van der Waals surface area (Å²) < 4.78 is 1.65. The highest BCUT2D eigenvalue weighted by atomic mass is 35.5. The number of carboxylic acid groups (broad SMARTS) is 1. The summed E-state index contributed by atoms with van der Waals surface area (Å²) in [5.74, 6) is -1.02. The lowest BCUT2D eigenvalue weighted by Gasteiger charge is -2.10. The van der Waals surface area contributed by atoms with Crippen molar-refractivity contribution >= 4 is 40.5 Å². The van der Waals surface area contributed by atoms with Crippen molar-refractivity contribution in [1.29, 1.82) is 0 Å². The van der Waals surface area contributed by atoms with E-state index in [4.69, 9.17) is 23.2 Å². The summed E-state index contributed by atoms with van der Waals surface area (Å²) in [6, 6.07) is 7.22. The first-order chi connectivity index (χ1) is 11.6. The molecular formula is C17H12Cl2N2O2S. The van der Waals surface area contributed by atoms with Crippen LogP contribution in [0.1, 0.15) is 28.0 Å². The fourth-order valence-electron chi connectivity index (χ4n) is 3.12. The maximum atomic E-state index is 11.7. The van der Waals surface area contributed by atoms with E-state index in [1.54, 1.807) is 34.2 Å². The van der Waals surface area contributed by atoms with Gasteiger partial charge in [0.15, 0.2) is 5.69 Å². The molecule has 3 aromatic rings. The Bertz CT molecular complexity index is 962. The molecule has 0 amide bonds. The van der Waals surface area contributed by atoms with E-state index in [1.807, 2.05) is 5.38 Å². The van der Waals surface area contributed by atoms with Gasteiger partial charge in [-0.25, -0.2) is 9.48 Å². The van der Waals surface area contributed by atoms with E-state index in [9.17, 15) is 9.90 Å². The van der Waals surface area contributed by atoms with Gasteiger partial charge in [0.1, 0.15) is 0 Å². The number of fused-ring (bicyclic) bond motifs is 3. The number of aryl methyl sites for hydroxylation is 1. The van der Waals surface area contributed by atoms with Crippen molar-refractivity contribution in [1.82, 2.24) is 9.78 Å². The van der Waals surface area contributed by atoms with E-state index in [2.05, 4.69) is 11.2 Å². The van der Waals surface area contributed by atoms with Crippen LogP contribution in [0.5, 0.6) is 0 Å². The van der Waals surface area contributed by atoms with Gasteiger partial charge in [-0.3, -0.25) is 0 Å². The molecule has 1 aliphatic rings. The molecule has 0 aliphatic heterocycles. The first-order valence-corrected chi connectivity index (χ1v) is 9.07. The predicted octanol–water partition coefficient (Wildman–Crippen LogP) is 5.09. The number of aromatic nitrogens is 2. The third kappa shape index (κ3) is 2.44. The van der Waals surface area contributed by atoms with E-state index in [-0.39, 0.29) is 5.69 Å². The van der Waals surface area contributed by atoms with Crippen molar-refractivity contribution in [2.75, 3.05) is 0 Å². The zero-order valence-corrected chi connectivity index (χ0v) is 14.8. The standard InChI is InChI=1S/C17H12Cl2N2O2S/c18-10-4-5-13(12(19)8-10)21-15-11(14(20-21)17(22)23)3-1-2-9-6-7-24-16(9)15/h4-8H,1-3H2,(H,22,23). The van der Waals surface area contributed by atoms with Crippen LogP contribution in [0.4, 0.5) is 0 Å². The number of carboxylic acids is 1. The molecule has 2 aromatic heterocycles. The second-order valence-electron chi connectivity index (χ2n) is 5.62. The molecule has 0 bridgehead atoms. The summed E-state index contributed by atoms with van der Waals surface area (Å²) in [7, 11) is 0. The van der Waals surface area contributed by atoms with Crippen molar-refractivity contribution in [3.63, 3.8) is 0 Å². The van der Waals surface area contributed by atoms with Gasteiger partial charge < -0.3 is 5.11 Å². The molecule has 1 N–H and O–H groups in total. The Kier molecular flexibility index (Phi) is 3.87. The minimum Gasteiger partial charge on any atom is -0.476 e. The predicted molar refractivity (Wildman–Crippen MR) is 95.9 cm³/mol. The van der Waals surface area contributed by atoms with Crippen molar-refractivity contribution in [2.45, 2.75) is 19.3 Å². The first kappa shape index (κ1) is 15.7. The molecule has 0 saturated heterocycles. The second-order valence-corrected chi connectivity index (χ2v) is 7.38. The van der Waals surface area contributed by atoms with Crippen LogP contribution in [-0.2, 0) is 12.8 Å². The van der Waals surface area contributed by atoms with Crippen molar-refractivity contribution < 1.29 is 9.90 Å². The number of halogens is 2. The minimum atomic E-state index is -1.02. The summed E-state index contributed by atoms with van der Waals surface area (Å²) >= 11 is 13.9. The average molecular weight is 379 g/mol. The number of carbonyl (C=O) groups is 1. The highest BCUT2D eigenvalue weighted by Gasteiger charge is 2.28. The Labute approximate surface area is 152 Å². The fraction of sp³-hybridized carbons (Fsp3) is 0.176. The van der Waals surface area contributed by atoms with Gasteiger partial charge in [-0.15, -0.1) is 11.3 Å². The van der Waals surface area contributed by atoms with E-state index < -0.39 is 5.97 Å². The molecule has 0 unspecified atom stereocenters. The van der Waals surface area contributed by atoms with Crippen LogP contribution in [-0.4, -0.2) is 20.9 Å². The molecule has 0 fully saturated rings. The summed E-state index contributed by atoms with van der Waals surface area (Å²) in [6.45, 7) is 0. The van der Waals surface area contributed by atoms with Crippen molar-refractivity contribution in [3.05, 3.63) is 56.5 Å². The molecule has 0 spiro atoms. The number of benzene rings is 1. The van der Waals surface area contributed by atoms with Crippen LogP contribution in [0.25, 0.3) is 16.3 Å². The smallest absolute Gasteiger partial charge is 0.356 e. The lowest BCUT2D eigenvalue weighted by Crippen LogP contribution is -2.04. The van der Waals surface area contributed by atoms with Crippen LogP contribution in [0.2, 0.25) is 10.0 Å². The Balaban J connectivity index is 2.05. The highest BCUT2D eigenvalue weighted by Crippen LogP contribution is 2.40. The maximum absolute atomic E-state index is 11.7. The maximum Gasteiger partial charge on any atom is 0.356 e. The second kappa shape index (κ2) is 5.92. The largest absolute Gasteiger partial charge is 0.476 e. The van der Waals surface area contributed by atoms with Crippen LogP contribution in [0.3, 0.4) is 0 Å². The zero-order chi connectivity index (χ0) is 16.8. The van der Waals surface area contributed by atoms with E-state index in [0.29, 0.717) is 22.2 Å². The molecule has 7 heteroatoms. The Morgan fingerprint density at radius 2 is 2.08 bits per heavy atom. The minimum absolute atomic E-state index is 0.0947. The quantitative estimate of drug-likeness (QED) is 0.675. The van der Waals surface area contributed by atoms with Gasteiger partial charge in [0.2, 0.25) is 0 Å². The van der Waals surface area contributed by atoms with Gasteiger partial charge in [0.25, 0.3) is 0 Å². The highest BCUT2D eigenvalue weighted by molar-refractivity contribution is 7.13. The van der Waals surface area contributed by atoms with Crippen molar-refractivity contribution in [2.24, 2.45) is 0 Å². The summed E-state index contributed by atoms with van der Waals surface area (Å²) in [4.78, 5) is 12.8. The Hall–Kier alpha value is -1.82. The van der Waals surface area contributed by atoms with E-state index >= 15 is 0 Å². The summed E-state index contributed by atoms with van der Waals surface area (Å²) in [5, 5.41) is 16.9. The SMILES string of the molecule is O=C(O)c1nn(-c2ccc(Cl)cc2Cl)c2c1CCCc1ccsc1-2. The molecule has 4 rings (SSSR count). The summed E-state index contributed by atoms with van der Waals surface area (Å²) in [5.41, 5.74) is 3.55. The monoisotopic (exact) mass is 378 g/mol. The van der Waals surface area contributed by atoms with Crippen LogP contribution < -0.4 is 0 Å². The number of thiophene rings is 1. The van der Waals surface area contributed by atoms with Gasteiger partial charge in [-0.2, -0.15) is 5.10 Å². The third-order valence-electron chi connectivity index (χ3n) is 4.16. The molecule has 0 radical (unpaired) electrons. The number of hydrogen-bond donors (Lipinski definition) is 1. The molecule has 1 aromatic carbocycles. The number of rotatable bonds is 2. The van der Waals surface area contributed by atoms with Crippen LogP contribution in [0, 0.1) is 0 Å². The van der Waals surface area contributed by atoms with Gasteiger partial charge in [0.05, 0.1) is 21.3 Å².